The number of rotatable bonds is 9. The SMILES string of the molecule is CCN(CC)CCOc1ccccc1NC(=O)c1ccc(OC)nc1. The van der Waals surface area contributed by atoms with Crippen LogP contribution in [0.3, 0.4) is 0 Å². The highest BCUT2D eigenvalue weighted by molar-refractivity contribution is 6.04. The first-order valence-electron chi connectivity index (χ1n) is 8.43. The van der Waals surface area contributed by atoms with Crippen molar-refractivity contribution < 1.29 is 14.3 Å². The van der Waals surface area contributed by atoms with Crippen molar-refractivity contribution in [2.45, 2.75) is 13.8 Å². The molecule has 0 unspecified atom stereocenters. The fourth-order valence-corrected chi connectivity index (χ4v) is 2.35. The van der Waals surface area contributed by atoms with Gasteiger partial charge in [0.25, 0.3) is 5.91 Å². The molecular formula is C19H25N3O3. The largest absolute Gasteiger partial charge is 0.490 e. The van der Waals surface area contributed by atoms with E-state index >= 15 is 0 Å². The fourth-order valence-electron chi connectivity index (χ4n) is 2.35. The molecule has 2 aromatic rings. The molecule has 1 aromatic heterocycles. The van der Waals surface area contributed by atoms with Gasteiger partial charge in [0.1, 0.15) is 12.4 Å². The number of hydrogen-bond acceptors (Lipinski definition) is 5. The average molecular weight is 343 g/mol. The molecule has 6 nitrogen and oxygen atoms in total. The number of nitrogens with zero attached hydrogens (tertiary/aromatic N) is 2. The van der Waals surface area contributed by atoms with Crippen LogP contribution in [0.2, 0.25) is 0 Å². The Balaban J connectivity index is 2.00. The molecule has 1 N–H and O–H groups in total. The highest BCUT2D eigenvalue weighted by atomic mass is 16.5. The number of amides is 1. The molecule has 0 spiro atoms. The van der Waals surface area contributed by atoms with Gasteiger partial charge in [-0.3, -0.25) is 4.79 Å². The molecule has 0 saturated heterocycles. The van der Waals surface area contributed by atoms with E-state index in [0.29, 0.717) is 29.5 Å². The zero-order valence-electron chi connectivity index (χ0n) is 15.0. The van der Waals surface area contributed by atoms with E-state index in [1.807, 2.05) is 24.3 Å². The van der Waals surface area contributed by atoms with Gasteiger partial charge in [-0.1, -0.05) is 26.0 Å². The molecule has 0 fully saturated rings. The number of methoxy groups -OCH3 is 1. The van der Waals surface area contributed by atoms with Crippen molar-refractivity contribution >= 4 is 11.6 Å². The predicted octanol–water partition coefficient (Wildman–Crippen LogP) is 3.06. The van der Waals surface area contributed by atoms with Crippen LogP contribution < -0.4 is 14.8 Å². The number of hydrogen-bond donors (Lipinski definition) is 1. The number of benzene rings is 1. The summed E-state index contributed by atoms with van der Waals surface area (Å²) in [4.78, 5) is 18.7. The third-order valence-corrected chi connectivity index (χ3v) is 3.90. The van der Waals surface area contributed by atoms with Crippen LogP contribution in [0, 0.1) is 0 Å². The van der Waals surface area contributed by atoms with Crippen molar-refractivity contribution in [1.29, 1.82) is 0 Å². The van der Waals surface area contributed by atoms with E-state index < -0.39 is 0 Å². The van der Waals surface area contributed by atoms with Gasteiger partial charge < -0.3 is 19.7 Å². The standard InChI is InChI=1S/C19H25N3O3/c1-4-22(5-2)12-13-25-17-9-7-6-8-16(17)21-19(23)15-10-11-18(24-3)20-14-15/h6-11,14H,4-5,12-13H2,1-3H3,(H,21,23). The van der Waals surface area contributed by atoms with E-state index in [0.717, 1.165) is 19.6 Å². The Labute approximate surface area is 148 Å². The van der Waals surface area contributed by atoms with Gasteiger partial charge in [-0.15, -0.1) is 0 Å². The van der Waals surface area contributed by atoms with Gasteiger partial charge in [0.15, 0.2) is 0 Å². The normalized spacial score (nSPS) is 10.6. The summed E-state index contributed by atoms with van der Waals surface area (Å²) in [6.07, 6.45) is 1.48. The Morgan fingerprint density at radius 1 is 1.16 bits per heavy atom. The Hall–Kier alpha value is -2.60. The molecule has 1 aromatic carbocycles. The van der Waals surface area contributed by atoms with E-state index in [9.17, 15) is 4.79 Å². The lowest BCUT2D eigenvalue weighted by atomic mass is 10.2. The summed E-state index contributed by atoms with van der Waals surface area (Å²) in [6, 6.07) is 10.7. The first-order valence-corrected chi connectivity index (χ1v) is 8.43. The van der Waals surface area contributed by atoms with Gasteiger partial charge in [0, 0.05) is 18.8 Å². The number of aromatic nitrogens is 1. The molecule has 0 saturated carbocycles. The van der Waals surface area contributed by atoms with Crippen LogP contribution in [0.15, 0.2) is 42.6 Å². The van der Waals surface area contributed by atoms with Crippen LogP contribution in [0.4, 0.5) is 5.69 Å². The molecule has 0 aliphatic carbocycles. The summed E-state index contributed by atoms with van der Waals surface area (Å²) in [6.45, 7) is 7.64. The summed E-state index contributed by atoms with van der Waals surface area (Å²) >= 11 is 0. The summed E-state index contributed by atoms with van der Waals surface area (Å²) in [5.74, 6) is 0.885. The van der Waals surface area contributed by atoms with Crippen molar-refractivity contribution in [3.63, 3.8) is 0 Å². The number of anilines is 1. The summed E-state index contributed by atoms with van der Waals surface area (Å²) < 4.78 is 10.9. The Morgan fingerprint density at radius 2 is 1.92 bits per heavy atom. The maximum absolute atomic E-state index is 12.4. The topological polar surface area (TPSA) is 63.7 Å². The fraction of sp³-hybridized carbons (Fsp3) is 0.368. The van der Waals surface area contributed by atoms with Crippen molar-refractivity contribution in [1.82, 2.24) is 9.88 Å². The second-order valence-corrected chi connectivity index (χ2v) is 5.41. The van der Waals surface area contributed by atoms with Gasteiger partial charge >= 0.3 is 0 Å². The number of pyridine rings is 1. The van der Waals surface area contributed by atoms with Crippen LogP contribution in [-0.2, 0) is 0 Å². The average Bonchev–Trinajstić information content (AvgIpc) is 2.66. The van der Waals surface area contributed by atoms with Crippen molar-refractivity contribution in [3.8, 4) is 11.6 Å². The van der Waals surface area contributed by atoms with Crippen LogP contribution in [0.1, 0.15) is 24.2 Å². The molecule has 1 amide bonds. The third kappa shape index (κ3) is 5.46. The monoisotopic (exact) mass is 343 g/mol. The lowest BCUT2D eigenvalue weighted by Crippen LogP contribution is -2.28. The number of likely N-dealkylation sites (N-methyl/N-ethyl adjacent to an activating group) is 1. The van der Waals surface area contributed by atoms with Gasteiger partial charge in [0.2, 0.25) is 5.88 Å². The van der Waals surface area contributed by atoms with E-state index in [1.165, 1.54) is 13.3 Å². The van der Waals surface area contributed by atoms with E-state index in [4.69, 9.17) is 9.47 Å². The van der Waals surface area contributed by atoms with Crippen LogP contribution >= 0.6 is 0 Å². The lowest BCUT2D eigenvalue weighted by molar-refractivity contribution is 0.102. The third-order valence-electron chi connectivity index (χ3n) is 3.90. The Morgan fingerprint density at radius 3 is 2.56 bits per heavy atom. The van der Waals surface area contributed by atoms with Crippen LogP contribution in [-0.4, -0.2) is 49.1 Å². The van der Waals surface area contributed by atoms with E-state index in [2.05, 4.69) is 29.0 Å². The number of carbonyl (C=O) groups excluding carboxylic acids is 1. The molecule has 1 heterocycles. The molecule has 6 heteroatoms. The Bertz CT molecular complexity index is 670. The summed E-state index contributed by atoms with van der Waals surface area (Å²) in [5.41, 5.74) is 1.10. The highest BCUT2D eigenvalue weighted by Gasteiger charge is 2.11. The first kappa shape index (κ1) is 18.7. The maximum atomic E-state index is 12.4. The Kier molecular flexibility index (Phi) is 7.22. The molecule has 0 aliphatic heterocycles. The van der Waals surface area contributed by atoms with Gasteiger partial charge in [0.05, 0.1) is 18.4 Å². The van der Waals surface area contributed by atoms with E-state index in [-0.39, 0.29) is 5.91 Å². The smallest absolute Gasteiger partial charge is 0.257 e. The van der Waals surface area contributed by atoms with Crippen LogP contribution in [0.5, 0.6) is 11.6 Å². The van der Waals surface area contributed by atoms with Crippen molar-refractivity contribution in [3.05, 3.63) is 48.2 Å². The number of nitrogens with one attached hydrogen (secondary N) is 1. The molecule has 2 rings (SSSR count). The molecular weight excluding hydrogens is 318 g/mol. The predicted molar refractivity (Wildman–Crippen MR) is 98.5 cm³/mol. The molecule has 0 bridgehead atoms. The second-order valence-electron chi connectivity index (χ2n) is 5.41. The molecule has 0 aliphatic rings. The zero-order chi connectivity index (χ0) is 18.1. The van der Waals surface area contributed by atoms with Gasteiger partial charge in [-0.25, -0.2) is 4.98 Å². The van der Waals surface area contributed by atoms with E-state index in [1.54, 1.807) is 12.1 Å². The molecule has 134 valence electrons. The van der Waals surface area contributed by atoms with Crippen molar-refractivity contribution in [2.24, 2.45) is 0 Å². The maximum Gasteiger partial charge on any atom is 0.257 e. The second kappa shape index (κ2) is 9.64. The van der Waals surface area contributed by atoms with Crippen molar-refractivity contribution in [2.75, 3.05) is 38.7 Å². The molecule has 0 radical (unpaired) electrons. The highest BCUT2D eigenvalue weighted by Crippen LogP contribution is 2.24. The molecule has 25 heavy (non-hydrogen) atoms. The quantitative estimate of drug-likeness (QED) is 0.758. The number of para-hydroxylation sites is 2. The minimum absolute atomic E-state index is 0.241. The summed E-state index contributed by atoms with van der Waals surface area (Å²) in [5, 5.41) is 2.87. The lowest BCUT2D eigenvalue weighted by Gasteiger charge is -2.19. The number of ether oxygens (including phenoxy) is 2. The molecule has 0 atom stereocenters. The first-order chi connectivity index (χ1) is 12.2. The van der Waals surface area contributed by atoms with Gasteiger partial charge in [-0.2, -0.15) is 0 Å². The summed E-state index contributed by atoms with van der Waals surface area (Å²) in [7, 11) is 1.54. The zero-order valence-corrected chi connectivity index (χ0v) is 15.0. The number of carbonyl (C=O) groups is 1. The van der Waals surface area contributed by atoms with Crippen LogP contribution in [0.25, 0.3) is 0 Å². The minimum atomic E-state index is -0.241. The minimum Gasteiger partial charge on any atom is -0.490 e. The van der Waals surface area contributed by atoms with Gasteiger partial charge in [-0.05, 0) is 31.3 Å².